The second-order valence-electron chi connectivity index (χ2n) is 5.74. The van der Waals surface area contributed by atoms with Crippen LogP contribution in [-0.2, 0) is 11.3 Å². The van der Waals surface area contributed by atoms with Crippen LogP contribution in [0.25, 0.3) is 0 Å². The molecule has 0 atom stereocenters. The van der Waals surface area contributed by atoms with E-state index >= 15 is 0 Å². The molecule has 0 unspecified atom stereocenters. The molecule has 134 valence electrons. The van der Waals surface area contributed by atoms with Crippen molar-refractivity contribution in [2.24, 2.45) is 4.99 Å². The minimum Gasteiger partial charge on any atom is -0.356 e. The molecule has 1 aromatic carbocycles. The zero-order chi connectivity index (χ0) is 16.5. The van der Waals surface area contributed by atoms with E-state index in [9.17, 15) is 4.79 Å². The van der Waals surface area contributed by atoms with Gasteiger partial charge in [0, 0.05) is 37.6 Å². The predicted molar refractivity (Wildman–Crippen MR) is 110 cm³/mol. The molecule has 0 bridgehead atoms. The van der Waals surface area contributed by atoms with E-state index in [1.54, 1.807) is 7.05 Å². The third kappa shape index (κ3) is 7.25. The van der Waals surface area contributed by atoms with Crippen LogP contribution in [0, 0.1) is 0 Å². The smallest absolute Gasteiger partial charge is 0.221 e. The van der Waals surface area contributed by atoms with Crippen LogP contribution in [-0.4, -0.2) is 31.5 Å². The number of carbonyl (C=O) groups is 1. The van der Waals surface area contributed by atoms with E-state index in [-0.39, 0.29) is 29.9 Å². The van der Waals surface area contributed by atoms with Gasteiger partial charge in [0.2, 0.25) is 5.91 Å². The molecule has 0 spiro atoms. The highest BCUT2D eigenvalue weighted by Gasteiger charge is 2.16. The van der Waals surface area contributed by atoms with Crippen LogP contribution in [0.2, 0.25) is 5.02 Å². The Morgan fingerprint density at radius 1 is 1.25 bits per heavy atom. The fraction of sp³-hybridized carbons (Fsp3) is 0.529. The second kappa shape index (κ2) is 11.5. The summed E-state index contributed by atoms with van der Waals surface area (Å²) in [4.78, 5) is 16.0. The molecular formula is C17H26ClIN4O. The van der Waals surface area contributed by atoms with E-state index in [1.165, 1.54) is 12.8 Å². The van der Waals surface area contributed by atoms with Gasteiger partial charge in [0.1, 0.15) is 0 Å². The van der Waals surface area contributed by atoms with Crippen LogP contribution >= 0.6 is 35.6 Å². The lowest BCUT2D eigenvalue weighted by atomic mass is 10.2. The summed E-state index contributed by atoms with van der Waals surface area (Å²) in [5.74, 6) is 0.768. The number of hydrogen-bond donors (Lipinski definition) is 3. The number of benzene rings is 1. The van der Waals surface area contributed by atoms with Crippen LogP contribution in [0.5, 0.6) is 0 Å². The topological polar surface area (TPSA) is 65.5 Å². The zero-order valence-electron chi connectivity index (χ0n) is 14.0. The van der Waals surface area contributed by atoms with Crippen LogP contribution in [0.4, 0.5) is 0 Å². The number of guanidine groups is 1. The SMILES string of the molecule is CN=C(NCCC(=O)NC1CCCC1)NCc1ccccc1Cl.I. The Kier molecular flexibility index (Phi) is 10.1. The Hall–Kier alpha value is -1.02. The fourth-order valence-corrected chi connectivity index (χ4v) is 2.91. The molecule has 0 aliphatic heterocycles. The first-order valence-corrected chi connectivity index (χ1v) is 8.54. The largest absolute Gasteiger partial charge is 0.356 e. The summed E-state index contributed by atoms with van der Waals surface area (Å²) in [7, 11) is 1.71. The number of nitrogens with zero attached hydrogens (tertiary/aromatic N) is 1. The molecule has 2 rings (SSSR count). The van der Waals surface area contributed by atoms with Crippen molar-refractivity contribution < 1.29 is 4.79 Å². The molecule has 7 heteroatoms. The van der Waals surface area contributed by atoms with Crippen LogP contribution < -0.4 is 16.0 Å². The molecule has 0 heterocycles. The molecule has 1 aromatic rings. The molecule has 5 nitrogen and oxygen atoms in total. The number of hydrogen-bond acceptors (Lipinski definition) is 2. The molecule has 1 amide bonds. The number of carbonyl (C=O) groups excluding carboxylic acids is 1. The van der Waals surface area contributed by atoms with Gasteiger partial charge < -0.3 is 16.0 Å². The summed E-state index contributed by atoms with van der Waals surface area (Å²) in [5.41, 5.74) is 1.01. The molecule has 0 saturated heterocycles. The summed E-state index contributed by atoms with van der Waals surface area (Å²) < 4.78 is 0. The second-order valence-corrected chi connectivity index (χ2v) is 6.15. The molecule has 3 N–H and O–H groups in total. The Morgan fingerprint density at radius 2 is 1.96 bits per heavy atom. The molecule has 0 radical (unpaired) electrons. The van der Waals surface area contributed by atoms with Gasteiger partial charge in [-0.05, 0) is 24.5 Å². The van der Waals surface area contributed by atoms with Crippen LogP contribution in [0.1, 0.15) is 37.7 Å². The number of rotatable bonds is 6. The van der Waals surface area contributed by atoms with Crippen molar-refractivity contribution in [1.82, 2.24) is 16.0 Å². The van der Waals surface area contributed by atoms with Gasteiger partial charge in [-0.3, -0.25) is 9.79 Å². The summed E-state index contributed by atoms with van der Waals surface area (Å²) in [6.45, 7) is 1.15. The third-order valence-electron chi connectivity index (χ3n) is 3.99. The standard InChI is InChI=1S/C17H25ClN4O.HI/c1-19-17(21-12-13-6-2-5-9-15(13)18)20-11-10-16(23)22-14-7-3-4-8-14;/h2,5-6,9,14H,3-4,7-8,10-12H2,1H3,(H,22,23)(H2,19,20,21);1H. The third-order valence-corrected chi connectivity index (χ3v) is 4.36. The Balaban J connectivity index is 0.00000288. The zero-order valence-corrected chi connectivity index (χ0v) is 17.1. The number of halogens is 2. The molecule has 1 fully saturated rings. The lowest BCUT2D eigenvalue weighted by Crippen LogP contribution is -2.40. The quantitative estimate of drug-likeness (QED) is 0.344. The van der Waals surface area contributed by atoms with E-state index in [4.69, 9.17) is 11.6 Å². The fourth-order valence-electron chi connectivity index (χ4n) is 2.71. The average molecular weight is 465 g/mol. The minimum atomic E-state index is 0. The van der Waals surface area contributed by atoms with Crippen molar-refractivity contribution in [3.05, 3.63) is 34.9 Å². The van der Waals surface area contributed by atoms with Crippen molar-refractivity contribution in [3.8, 4) is 0 Å². The van der Waals surface area contributed by atoms with E-state index in [0.29, 0.717) is 31.5 Å². The maximum absolute atomic E-state index is 11.9. The van der Waals surface area contributed by atoms with Crippen molar-refractivity contribution in [1.29, 1.82) is 0 Å². The van der Waals surface area contributed by atoms with E-state index in [1.807, 2.05) is 24.3 Å². The summed E-state index contributed by atoms with van der Waals surface area (Å²) in [6, 6.07) is 8.06. The van der Waals surface area contributed by atoms with Crippen molar-refractivity contribution in [2.75, 3.05) is 13.6 Å². The van der Waals surface area contributed by atoms with Gasteiger partial charge in [0.05, 0.1) is 0 Å². The van der Waals surface area contributed by atoms with Gasteiger partial charge in [-0.2, -0.15) is 0 Å². The molecule has 24 heavy (non-hydrogen) atoms. The number of amides is 1. The van der Waals surface area contributed by atoms with Gasteiger partial charge >= 0.3 is 0 Å². The number of nitrogens with one attached hydrogen (secondary N) is 3. The number of aliphatic imine (C=N–C) groups is 1. The van der Waals surface area contributed by atoms with Gasteiger partial charge in [-0.25, -0.2) is 0 Å². The summed E-state index contributed by atoms with van der Waals surface area (Å²) in [6.07, 6.45) is 5.12. The monoisotopic (exact) mass is 464 g/mol. The molecule has 1 aliphatic rings. The lowest BCUT2D eigenvalue weighted by molar-refractivity contribution is -0.121. The Bertz CT molecular complexity index is 547. The Morgan fingerprint density at radius 3 is 2.62 bits per heavy atom. The van der Waals surface area contributed by atoms with Gasteiger partial charge in [-0.15, -0.1) is 24.0 Å². The first kappa shape index (κ1) is 21.0. The van der Waals surface area contributed by atoms with Crippen LogP contribution in [0.15, 0.2) is 29.3 Å². The molecule has 0 aromatic heterocycles. The van der Waals surface area contributed by atoms with Gasteiger partial charge in [-0.1, -0.05) is 42.6 Å². The summed E-state index contributed by atoms with van der Waals surface area (Å²) >= 11 is 6.12. The highest BCUT2D eigenvalue weighted by Crippen LogP contribution is 2.17. The van der Waals surface area contributed by atoms with Crippen molar-refractivity contribution in [2.45, 2.75) is 44.7 Å². The van der Waals surface area contributed by atoms with E-state index in [2.05, 4.69) is 20.9 Å². The van der Waals surface area contributed by atoms with Gasteiger partial charge in [0.25, 0.3) is 0 Å². The lowest BCUT2D eigenvalue weighted by Gasteiger charge is -2.14. The predicted octanol–water partition coefficient (Wildman–Crippen LogP) is 3.07. The van der Waals surface area contributed by atoms with E-state index in [0.717, 1.165) is 23.4 Å². The van der Waals surface area contributed by atoms with Crippen LogP contribution in [0.3, 0.4) is 0 Å². The normalized spacial score (nSPS) is 14.8. The van der Waals surface area contributed by atoms with E-state index < -0.39 is 0 Å². The van der Waals surface area contributed by atoms with Gasteiger partial charge in [0.15, 0.2) is 5.96 Å². The van der Waals surface area contributed by atoms with Crippen molar-refractivity contribution in [3.63, 3.8) is 0 Å². The first-order valence-electron chi connectivity index (χ1n) is 8.16. The average Bonchev–Trinajstić information content (AvgIpc) is 3.05. The molecular weight excluding hydrogens is 439 g/mol. The highest BCUT2D eigenvalue weighted by atomic mass is 127. The molecule has 1 saturated carbocycles. The Labute approximate surface area is 166 Å². The maximum Gasteiger partial charge on any atom is 0.221 e. The first-order chi connectivity index (χ1) is 11.2. The maximum atomic E-state index is 11.9. The minimum absolute atomic E-state index is 0. The highest BCUT2D eigenvalue weighted by molar-refractivity contribution is 14.0. The van der Waals surface area contributed by atoms with Crippen molar-refractivity contribution >= 4 is 47.4 Å². The summed E-state index contributed by atoms with van der Waals surface area (Å²) in [5, 5.41) is 10.2. The molecule has 1 aliphatic carbocycles.